The van der Waals surface area contributed by atoms with Crippen LogP contribution in [0.25, 0.3) is 0 Å². The number of hydrogen-bond acceptors (Lipinski definition) is 4. The number of aryl methyl sites for hydroxylation is 1. The standard InChI is InChI=1S/C12H10Br2FN3S/c1-7-6-19-12(17-7)18-16-5-8-2-3-10(14)9(4-13)11(8)15/h2-3,5-6H,4H2,1H3,(H,17,18). The van der Waals surface area contributed by atoms with Crippen molar-refractivity contribution in [2.45, 2.75) is 12.3 Å². The Hall–Kier alpha value is -0.790. The van der Waals surface area contributed by atoms with Crippen LogP contribution in [0.3, 0.4) is 0 Å². The van der Waals surface area contributed by atoms with Crippen molar-refractivity contribution < 1.29 is 4.39 Å². The van der Waals surface area contributed by atoms with Crippen LogP contribution < -0.4 is 5.43 Å². The molecule has 1 N–H and O–H groups in total. The summed E-state index contributed by atoms with van der Waals surface area (Å²) in [5.41, 5.74) is 4.72. The van der Waals surface area contributed by atoms with Gasteiger partial charge in [-0.25, -0.2) is 9.37 Å². The Morgan fingerprint density at radius 1 is 1.53 bits per heavy atom. The fourth-order valence-corrected chi connectivity index (χ4v) is 3.41. The van der Waals surface area contributed by atoms with Crippen LogP contribution in [0.1, 0.15) is 16.8 Å². The highest BCUT2D eigenvalue weighted by molar-refractivity contribution is 9.10. The molecule has 0 atom stereocenters. The lowest BCUT2D eigenvalue weighted by Crippen LogP contribution is -1.97. The molecule has 1 heterocycles. The van der Waals surface area contributed by atoms with Gasteiger partial charge in [0, 0.05) is 26.3 Å². The molecule has 0 aliphatic heterocycles. The second-order valence-corrected chi connectivity index (χ2v) is 6.00. The first-order valence-electron chi connectivity index (χ1n) is 5.36. The molecule has 0 amide bonds. The van der Waals surface area contributed by atoms with Gasteiger partial charge >= 0.3 is 0 Å². The molecule has 1 aromatic carbocycles. The van der Waals surface area contributed by atoms with E-state index in [9.17, 15) is 4.39 Å². The molecule has 19 heavy (non-hydrogen) atoms. The van der Waals surface area contributed by atoms with E-state index in [0.29, 0.717) is 21.6 Å². The maximum Gasteiger partial charge on any atom is 0.203 e. The number of benzene rings is 1. The van der Waals surface area contributed by atoms with Crippen molar-refractivity contribution in [3.63, 3.8) is 0 Å². The SMILES string of the molecule is Cc1csc(NN=Cc2ccc(Br)c(CBr)c2F)n1. The summed E-state index contributed by atoms with van der Waals surface area (Å²) in [6.45, 7) is 1.90. The predicted octanol–water partition coefficient (Wildman–Crippen LogP) is 4.69. The molecule has 2 rings (SSSR count). The Morgan fingerprint density at radius 3 is 2.95 bits per heavy atom. The van der Waals surface area contributed by atoms with Gasteiger partial charge in [0.2, 0.25) is 5.13 Å². The van der Waals surface area contributed by atoms with Gasteiger partial charge in [-0.05, 0) is 19.1 Å². The second kappa shape index (κ2) is 6.58. The summed E-state index contributed by atoms with van der Waals surface area (Å²) in [6, 6.07) is 3.47. The molecule has 100 valence electrons. The minimum atomic E-state index is -0.285. The topological polar surface area (TPSA) is 37.3 Å². The molecule has 0 saturated heterocycles. The quantitative estimate of drug-likeness (QED) is 0.454. The number of thiazole rings is 1. The Kier molecular flexibility index (Phi) is 5.06. The molecule has 0 unspecified atom stereocenters. The van der Waals surface area contributed by atoms with Gasteiger partial charge in [-0.15, -0.1) is 11.3 Å². The van der Waals surface area contributed by atoms with Crippen LogP contribution in [-0.4, -0.2) is 11.2 Å². The average molecular weight is 407 g/mol. The summed E-state index contributed by atoms with van der Waals surface area (Å²) in [5, 5.41) is 7.04. The molecule has 0 fully saturated rings. The van der Waals surface area contributed by atoms with Gasteiger partial charge < -0.3 is 0 Å². The summed E-state index contributed by atoms with van der Waals surface area (Å²) in [4.78, 5) is 4.20. The van der Waals surface area contributed by atoms with Crippen LogP contribution in [0, 0.1) is 12.7 Å². The summed E-state index contributed by atoms with van der Waals surface area (Å²) in [6.07, 6.45) is 1.45. The van der Waals surface area contributed by atoms with Gasteiger partial charge in [0.05, 0.1) is 11.9 Å². The van der Waals surface area contributed by atoms with Crippen LogP contribution in [-0.2, 0) is 5.33 Å². The first-order chi connectivity index (χ1) is 9.11. The third-order valence-corrected chi connectivity index (χ3v) is 4.50. The zero-order valence-electron chi connectivity index (χ0n) is 9.95. The van der Waals surface area contributed by atoms with E-state index in [1.807, 2.05) is 12.3 Å². The lowest BCUT2D eigenvalue weighted by molar-refractivity contribution is 0.614. The highest BCUT2D eigenvalue weighted by atomic mass is 79.9. The third-order valence-electron chi connectivity index (χ3n) is 2.33. The highest BCUT2D eigenvalue weighted by Crippen LogP contribution is 2.24. The van der Waals surface area contributed by atoms with Crippen molar-refractivity contribution in [3.8, 4) is 0 Å². The maximum absolute atomic E-state index is 14.1. The van der Waals surface area contributed by atoms with E-state index in [0.717, 1.165) is 10.2 Å². The van der Waals surface area contributed by atoms with Gasteiger partial charge in [0.25, 0.3) is 0 Å². The number of hydrogen-bond donors (Lipinski definition) is 1. The Labute approximate surface area is 131 Å². The summed E-state index contributed by atoms with van der Waals surface area (Å²) >= 11 is 8.03. The van der Waals surface area contributed by atoms with Crippen LogP contribution in [0.2, 0.25) is 0 Å². The van der Waals surface area contributed by atoms with Gasteiger partial charge in [-0.2, -0.15) is 5.10 Å². The molecular formula is C12H10Br2FN3S. The van der Waals surface area contributed by atoms with E-state index in [4.69, 9.17) is 0 Å². The van der Waals surface area contributed by atoms with Crippen molar-refractivity contribution in [2.75, 3.05) is 5.43 Å². The van der Waals surface area contributed by atoms with Gasteiger partial charge in [-0.1, -0.05) is 31.9 Å². The highest BCUT2D eigenvalue weighted by Gasteiger charge is 2.09. The smallest absolute Gasteiger partial charge is 0.203 e. The fraction of sp³-hybridized carbons (Fsp3) is 0.167. The van der Waals surface area contributed by atoms with E-state index in [1.165, 1.54) is 17.6 Å². The summed E-state index contributed by atoms with van der Waals surface area (Å²) in [7, 11) is 0. The number of nitrogens with one attached hydrogen (secondary N) is 1. The van der Waals surface area contributed by atoms with Crippen LogP contribution >= 0.6 is 43.2 Å². The second-order valence-electron chi connectivity index (χ2n) is 3.73. The van der Waals surface area contributed by atoms with Gasteiger partial charge in [0.1, 0.15) is 5.82 Å². The minimum Gasteiger partial charge on any atom is -0.253 e. The number of anilines is 1. The number of halogens is 3. The van der Waals surface area contributed by atoms with Crippen LogP contribution in [0.5, 0.6) is 0 Å². The summed E-state index contributed by atoms with van der Waals surface area (Å²) < 4.78 is 14.8. The minimum absolute atomic E-state index is 0.285. The number of hydrazone groups is 1. The molecule has 0 bridgehead atoms. The monoisotopic (exact) mass is 405 g/mol. The van der Waals surface area contributed by atoms with E-state index in [2.05, 4.69) is 47.4 Å². The molecule has 1 aromatic heterocycles. The van der Waals surface area contributed by atoms with E-state index in [1.54, 1.807) is 12.1 Å². The predicted molar refractivity (Wildman–Crippen MR) is 84.8 cm³/mol. The largest absolute Gasteiger partial charge is 0.253 e. The lowest BCUT2D eigenvalue weighted by Gasteiger charge is -2.04. The Bertz CT molecular complexity index is 613. The van der Waals surface area contributed by atoms with Crippen LogP contribution in [0.4, 0.5) is 9.52 Å². The number of aromatic nitrogens is 1. The molecule has 0 saturated carbocycles. The first kappa shape index (κ1) is 14.6. The fourth-order valence-electron chi connectivity index (χ4n) is 1.40. The van der Waals surface area contributed by atoms with Crippen molar-refractivity contribution in [3.05, 3.63) is 44.6 Å². The van der Waals surface area contributed by atoms with E-state index in [-0.39, 0.29) is 5.82 Å². The number of nitrogens with zero attached hydrogens (tertiary/aromatic N) is 2. The van der Waals surface area contributed by atoms with Crippen LogP contribution in [0.15, 0.2) is 27.1 Å². The Balaban J connectivity index is 2.15. The first-order valence-corrected chi connectivity index (χ1v) is 8.15. The van der Waals surface area contributed by atoms with Crippen molar-refractivity contribution in [1.29, 1.82) is 0 Å². The summed E-state index contributed by atoms with van der Waals surface area (Å²) in [5.74, 6) is -0.285. The third kappa shape index (κ3) is 3.61. The Morgan fingerprint density at radius 2 is 2.32 bits per heavy atom. The zero-order chi connectivity index (χ0) is 13.8. The average Bonchev–Trinajstić information content (AvgIpc) is 2.79. The van der Waals surface area contributed by atoms with E-state index >= 15 is 0 Å². The lowest BCUT2D eigenvalue weighted by atomic mass is 10.1. The molecule has 0 spiro atoms. The molecule has 0 radical (unpaired) electrons. The van der Waals surface area contributed by atoms with Crippen molar-refractivity contribution >= 4 is 54.5 Å². The molecule has 2 aromatic rings. The van der Waals surface area contributed by atoms with Crippen molar-refractivity contribution in [1.82, 2.24) is 4.98 Å². The number of rotatable bonds is 4. The number of alkyl halides is 1. The molecule has 7 heteroatoms. The van der Waals surface area contributed by atoms with Gasteiger partial charge in [-0.3, -0.25) is 5.43 Å². The normalized spacial score (nSPS) is 11.2. The zero-order valence-corrected chi connectivity index (χ0v) is 13.9. The molecular weight excluding hydrogens is 397 g/mol. The van der Waals surface area contributed by atoms with Gasteiger partial charge in [0.15, 0.2) is 0 Å². The van der Waals surface area contributed by atoms with E-state index < -0.39 is 0 Å². The molecule has 0 aliphatic carbocycles. The molecule has 3 nitrogen and oxygen atoms in total. The molecule has 0 aliphatic rings. The van der Waals surface area contributed by atoms with Crippen molar-refractivity contribution in [2.24, 2.45) is 5.10 Å². The maximum atomic E-state index is 14.1.